The largest absolute Gasteiger partial charge is 0.364 e. The number of aromatic amines is 1. The molecule has 3 nitrogen and oxygen atoms in total. The molecule has 0 saturated carbocycles. The highest BCUT2D eigenvalue weighted by atomic mass is 15.1. The van der Waals surface area contributed by atoms with Crippen molar-refractivity contribution in [2.75, 3.05) is 26.2 Å². The Morgan fingerprint density at radius 2 is 2.20 bits per heavy atom. The van der Waals surface area contributed by atoms with Crippen molar-refractivity contribution in [1.82, 2.24) is 15.2 Å². The lowest BCUT2D eigenvalue weighted by molar-refractivity contribution is 0.287. The molecule has 3 heteroatoms. The highest BCUT2D eigenvalue weighted by molar-refractivity contribution is 5.02. The Balaban J connectivity index is 2.05. The van der Waals surface area contributed by atoms with Crippen molar-refractivity contribution in [2.45, 2.75) is 26.8 Å². The minimum absolute atomic E-state index is 0.941. The fourth-order valence-corrected chi connectivity index (χ4v) is 1.68. The predicted octanol–water partition coefficient (Wildman–Crippen LogP) is 1.84. The van der Waals surface area contributed by atoms with Gasteiger partial charge < -0.3 is 15.2 Å². The zero-order valence-electron chi connectivity index (χ0n) is 9.92. The molecule has 15 heavy (non-hydrogen) atoms. The van der Waals surface area contributed by atoms with Crippen molar-refractivity contribution < 1.29 is 0 Å². The summed E-state index contributed by atoms with van der Waals surface area (Å²) >= 11 is 0. The molecule has 0 bridgehead atoms. The number of hydrogen-bond acceptors (Lipinski definition) is 2. The third-order valence-electron chi connectivity index (χ3n) is 2.57. The van der Waals surface area contributed by atoms with Crippen LogP contribution in [0.1, 0.15) is 26.0 Å². The average Bonchev–Trinajstić information content (AvgIpc) is 2.75. The van der Waals surface area contributed by atoms with Crippen molar-refractivity contribution in [2.24, 2.45) is 0 Å². The van der Waals surface area contributed by atoms with Crippen LogP contribution in [-0.2, 0) is 6.54 Å². The standard InChI is InChI=1S/C12H23N3/c1-3-9-15(4-2)10-8-13-11-12-6-5-7-14-12/h5-7,13-14H,3-4,8-11H2,1-2H3. The summed E-state index contributed by atoms with van der Waals surface area (Å²) in [4.78, 5) is 5.66. The molecule has 0 aromatic carbocycles. The second-order valence-electron chi connectivity index (χ2n) is 3.81. The Morgan fingerprint density at radius 3 is 2.80 bits per heavy atom. The lowest BCUT2D eigenvalue weighted by Gasteiger charge is -2.19. The molecule has 1 aromatic rings. The van der Waals surface area contributed by atoms with Crippen molar-refractivity contribution in [1.29, 1.82) is 0 Å². The van der Waals surface area contributed by atoms with Gasteiger partial charge in [-0.15, -0.1) is 0 Å². The van der Waals surface area contributed by atoms with Crippen LogP contribution in [0.25, 0.3) is 0 Å². The molecule has 0 unspecified atom stereocenters. The van der Waals surface area contributed by atoms with E-state index in [0.29, 0.717) is 0 Å². The molecule has 1 heterocycles. The van der Waals surface area contributed by atoms with Crippen LogP contribution in [0.5, 0.6) is 0 Å². The molecule has 0 saturated heterocycles. The van der Waals surface area contributed by atoms with E-state index in [1.54, 1.807) is 0 Å². The van der Waals surface area contributed by atoms with E-state index < -0.39 is 0 Å². The summed E-state index contributed by atoms with van der Waals surface area (Å²) in [6, 6.07) is 4.14. The SMILES string of the molecule is CCCN(CC)CCNCc1ccc[nH]1. The Hall–Kier alpha value is -0.800. The molecular weight excluding hydrogens is 186 g/mol. The smallest absolute Gasteiger partial charge is 0.0357 e. The topological polar surface area (TPSA) is 31.1 Å². The first-order valence-corrected chi connectivity index (χ1v) is 5.92. The number of aromatic nitrogens is 1. The van der Waals surface area contributed by atoms with Crippen LogP contribution in [0.4, 0.5) is 0 Å². The molecule has 0 aliphatic rings. The summed E-state index contributed by atoms with van der Waals surface area (Å²) < 4.78 is 0. The van der Waals surface area contributed by atoms with E-state index >= 15 is 0 Å². The molecular formula is C12H23N3. The van der Waals surface area contributed by atoms with Crippen molar-refractivity contribution in [3.05, 3.63) is 24.0 Å². The molecule has 2 N–H and O–H groups in total. The highest BCUT2D eigenvalue weighted by Crippen LogP contribution is 1.93. The molecule has 1 rings (SSSR count). The van der Waals surface area contributed by atoms with Gasteiger partial charge in [-0.25, -0.2) is 0 Å². The van der Waals surface area contributed by atoms with Gasteiger partial charge in [-0.2, -0.15) is 0 Å². The van der Waals surface area contributed by atoms with Crippen molar-refractivity contribution in [3.63, 3.8) is 0 Å². The molecule has 1 aromatic heterocycles. The molecule has 0 amide bonds. The van der Waals surface area contributed by atoms with Gasteiger partial charge in [0.2, 0.25) is 0 Å². The first kappa shape index (κ1) is 12.3. The van der Waals surface area contributed by atoms with Gasteiger partial charge in [-0.1, -0.05) is 13.8 Å². The summed E-state index contributed by atoms with van der Waals surface area (Å²) in [6.07, 6.45) is 3.21. The molecule has 0 aliphatic carbocycles. The number of nitrogens with zero attached hydrogens (tertiary/aromatic N) is 1. The van der Waals surface area contributed by atoms with Crippen LogP contribution in [-0.4, -0.2) is 36.1 Å². The third kappa shape index (κ3) is 5.00. The second kappa shape index (κ2) is 7.49. The molecule has 0 radical (unpaired) electrons. The van der Waals surface area contributed by atoms with Crippen molar-refractivity contribution in [3.8, 4) is 0 Å². The quantitative estimate of drug-likeness (QED) is 0.640. The number of likely N-dealkylation sites (N-methyl/N-ethyl adjacent to an activating group) is 1. The monoisotopic (exact) mass is 209 g/mol. The Kier molecular flexibility index (Phi) is 6.12. The van der Waals surface area contributed by atoms with Crippen LogP contribution >= 0.6 is 0 Å². The van der Waals surface area contributed by atoms with Crippen LogP contribution in [0.3, 0.4) is 0 Å². The molecule has 0 aliphatic heterocycles. The van der Waals surface area contributed by atoms with Gasteiger partial charge in [0.1, 0.15) is 0 Å². The van der Waals surface area contributed by atoms with Gasteiger partial charge in [0.15, 0.2) is 0 Å². The van der Waals surface area contributed by atoms with Crippen LogP contribution in [0, 0.1) is 0 Å². The first-order valence-electron chi connectivity index (χ1n) is 5.92. The van der Waals surface area contributed by atoms with Gasteiger partial charge in [-0.3, -0.25) is 0 Å². The van der Waals surface area contributed by atoms with Gasteiger partial charge in [0.25, 0.3) is 0 Å². The normalized spacial score (nSPS) is 11.1. The van der Waals surface area contributed by atoms with E-state index in [9.17, 15) is 0 Å². The summed E-state index contributed by atoms with van der Waals surface area (Å²) in [6.45, 7) is 9.96. The van der Waals surface area contributed by atoms with E-state index in [0.717, 1.165) is 26.2 Å². The maximum absolute atomic E-state index is 3.44. The van der Waals surface area contributed by atoms with Crippen LogP contribution in [0.15, 0.2) is 18.3 Å². The zero-order chi connectivity index (χ0) is 10.9. The number of hydrogen-bond donors (Lipinski definition) is 2. The van der Waals surface area contributed by atoms with Gasteiger partial charge in [-0.05, 0) is 31.6 Å². The minimum atomic E-state index is 0.941. The fraction of sp³-hybridized carbons (Fsp3) is 0.667. The van der Waals surface area contributed by atoms with Crippen LogP contribution in [0.2, 0.25) is 0 Å². The number of rotatable bonds is 8. The van der Waals surface area contributed by atoms with Gasteiger partial charge in [0.05, 0.1) is 0 Å². The molecule has 86 valence electrons. The Labute approximate surface area is 92.9 Å². The van der Waals surface area contributed by atoms with E-state index in [2.05, 4.69) is 35.1 Å². The average molecular weight is 209 g/mol. The maximum atomic E-state index is 3.44. The molecule has 0 fully saturated rings. The molecule has 0 atom stereocenters. The lowest BCUT2D eigenvalue weighted by atomic mass is 10.4. The number of nitrogens with one attached hydrogen (secondary N) is 2. The zero-order valence-corrected chi connectivity index (χ0v) is 9.92. The van der Waals surface area contributed by atoms with E-state index in [4.69, 9.17) is 0 Å². The van der Waals surface area contributed by atoms with E-state index in [1.165, 1.54) is 18.7 Å². The predicted molar refractivity (Wildman–Crippen MR) is 64.9 cm³/mol. The summed E-state index contributed by atoms with van der Waals surface area (Å²) in [5, 5.41) is 3.44. The van der Waals surface area contributed by atoms with Gasteiger partial charge in [0, 0.05) is 31.5 Å². The summed E-state index contributed by atoms with van der Waals surface area (Å²) in [5.74, 6) is 0. The minimum Gasteiger partial charge on any atom is -0.364 e. The fourth-order valence-electron chi connectivity index (χ4n) is 1.68. The Bertz CT molecular complexity index is 231. The Morgan fingerprint density at radius 1 is 1.33 bits per heavy atom. The first-order chi connectivity index (χ1) is 7.36. The van der Waals surface area contributed by atoms with Crippen LogP contribution < -0.4 is 5.32 Å². The highest BCUT2D eigenvalue weighted by Gasteiger charge is 1.99. The summed E-state index contributed by atoms with van der Waals surface area (Å²) in [7, 11) is 0. The van der Waals surface area contributed by atoms with E-state index in [-0.39, 0.29) is 0 Å². The van der Waals surface area contributed by atoms with Gasteiger partial charge >= 0.3 is 0 Å². The third-order valence-corrected chi connectivity index (χ3v) is 2.57. The van der Waals surface area contributed by atoms with E-state index in [1.807, 2.05) is 12.3 Å². The maximum Gasteiger partial charge on any atom is 0.0357 e. The lowest BCUT2D eigenvalue weighted by Crippen LogP contribution is -2.32. The summed E-state index contributed by atoms with van der Waals surface area (Å²) in [5.41, 5.74) is 1.26. The molecule has 0 spiro atoms. The number of H-pyrrole nitrogens is 1. The second-order valence-corrected chi connectivity index (χ2v) is 3.81. The van der Waals surface area contributed by atoms with Crippen molar-refractivity contribution >= 4 is 0 Å².